The normalized spacial score (nSPS) is 22.2. The molecule has 0 heterocycles. The van der Waals surface area contributed by atoms with Crippen molar-refractivity contribution in [2.75, 3.05) is 13.6 Å². The molecule has 0 saturated heterocycles. The summed E-state index contributed by atoms with van der Waals surface area (Å²) >= 11 is 0. The summed E-state index contributed by atoms with van der Waals surface area (Å²) in [6.07, 6.45) is 2.61. The molecule has 1 fully saturated rings. The van der Waals surface area contributed by atoms with Crippen LogP contribution in [0.25, 0.3) is 0 Å². The van der Waals surface area contributed by atoms with Crippen molar-refractivity contribution in [3.63, 3.8) is 0 Å². The van der Waals surface area contributed by atoms with Crippen molar-refractivity contribution < 1.29 is 9.18 Å². The fourth-order valence-electron chi connectivity index (χ4n) is 3.07. The average molecular weight is 277 g/mol. The zero-order valence-electron chi connectivity index (χ0n) is 12.7. The molecule has 2 nitrogen and oxygen atoms in total. The van der Waals surface area contributed by atoms with Crippen LogP contribution in [0.4, 0.5) is 4.39 Å². The van der Waals surface area contributed by atoms with E-state index in [1.54, 1.807) is 12.1 Å². The van der Waals surface area contributed by atoms with Gasteiger partial charge < -0.3 is 4.90 Å². The molecule has 0 spiro atoms. The number of carbonyl (C=O) groups excluding carboxylic acids is 1. The molecule has 0 amide bonds. The van der Waals surface area contributed by atoms with Gasteiger partial charge in [-0.15, -0.1) is 0 Å². The van der Waals surface area contributed by atoms with Gasteiger partial charge in [-0.2, -0.15) is 0 Å². The lowest BCUT2D eigenvalue weighted by Gasteiger charge is -2.36. The lowest BCUT2D eigenvalue weighted by atomic mass is 9.71. The third-order valence-electron chi connectivity index (χ3n) is 4.23. The number of halogens is 1. The van der Waals surface area contributed by atoms with Crippen LogP contribution in [-0.2, 0) is 11.3 Å². The van der Waals surface area contributed by atoms with Crippen molar-refractivity contribution in [3.05, 3.63) is 35.6 Å². The Hall–Kier alpha value is -1.22. The highest BCUT2D eigenvalue weighted by atomic mass is 19.1. The van der Waals surface area contributed by atoms with Gasteiger partial charge in [-0.25, -0.2) is 4.39 Å². The molecule has 0 radical (unpaired) electrons. The summed E-state index contributed by atoms with van der Waals surface area (Å²) in [4.78, 5) is 14.1. The van der Waals surface area contributed by atoms with Crippen LogP contribution in [0, 0.1) is 17.2 Å². The van der Waals surface area contributed by atoms with Crippen LogP contribution >= 0.6 is 0 Å². The molecule has 1 unspecified atom stereocenters. The zero-order chi connectivity index (χ0) is 14.8. The van der Waals surface area contributed by atoms with Crippen LogP contribution in [0.5, 0.6) is 0 Å². The largest absolute Gasteiger partial charge is 0.301 e. The average Bonchev–Trinajstić information content (AvgIpc) is 2.36. The summed E-state index contributed by atoms with van der Waals surface area (Å²) in [5.41, 5.74) is 0.940. The van der Waals surface area contributed by atoms with Gasteiger partial charge >= 0.3 is 0 Å². The minimum atomic E-state index is -0.172. The Balaban J connectivity index is 1.95. The van der Waals surface area contributed by atoms with E-state index in [1.165, 1.54) is 6.07 Å². The molecule has 1 aromatic rings. The van der Waals surface area contributed by atoms with Crippen LogP contribution < -0.4 is 0 Å². The van der Waals surface area contributed by atoms with Gasteiger partial charge in [0.2, 0.25) is 0 Å². The smallest absolute Gasteiger partial charge is 0.137 e. The molecule has 3 heteroatoms. The first kappa shape index (κ1) is 15.2. The number of rotatable bonds is 4. The molecule has 1 atom stereocenters. The zero-order valence-corrected chi connectivity index (χ0v) is 12.7. The van der Waals surface area contributed by atoms with E-state index >= 15 is 0 Å². The maximum atomic E-state index is 13.6. The second-order valence-electron chi connectivity index (χ2n) is 6.82. The minimum absolute atomic E-state index is 0.0931. The summed E-state index contributed by atoms with van der Waals surface area (Å²) in [6.45, 7) is 5.72. The Kier molecular flexibility index (Phi) is 4.59. The van der Waals surface area contributed by atoms with Gasteiger partial charge in [0.15, 0.2) is 0 Å². The van der Waals surface area contributed by atoms with Crippen LogP contribution in [0.3, 0.4) is 0 Å². The summed E-state index contributed by atoms with van der Waals surface area (Å²) in [5, 5.41) is 0. The van der Waals surface area contributed by atoms with E-state index in [4.69, 9.17) is 0 Å². The monoisotopic (exact) mass is 277 g/mol. The summed E-state index contributed by atoms with van der Waals surface area (Å²) in [6, 6.07) is 6.84. The quantitative estimate of drug-likeness (QED) is 0.837. The molecule has 0 aliphatic heterocycles. The molecular formula is C17H24FNO. The number of Topliss-reactive ketones (excluding diaryl/α,β-unsaturated/α-hetero) is 1. The van der Waals surface area contributed by atoms with Crippen LogP contribution in [0.1, 0.15) is 38.7 Å². The number of carbonyl (C=O) groups is 1. The van der Waals surface area contributed by atoms with Gasteiger partial charge in [0.05, 0.1) is 0 Å². The van der Waals surface area contributed by atoms with E-state index in [1.807, 2.05) is 13.1 Å². The Morgan fingerprint density at radius 2 is 2.05 bits per heavy atom. The fraction of sp³-hybridized carbons (Fsp3) is 0.588. The molecule has 0 aromatic heterocycles. The van der Waals surface area contributed by atoms with E-state index in [9.17, 15) is 9.18 Å². The van der Waals surface area contributed by atoms with E-state index < -0.39 is 0 Å². The van der Waals surface area contributed by atoms with Crippen molar-refractivity contribution >= 4 is 5.78 Å². The second kappa shape index (κ2) is 6.04. The number of hydrogen-bond acceptors (Lipinski definition) is 2. The maximum Gasteiger partial charge on any atom is 0.137 e. The van der Waals surface area contributed by atoms with Gasteiger partial charge in [-0.05, 0) is 31.4 Å². The molecule has 1 aromatic carbocycles. The molecule has 2 rings (SSSR count). The van der Waals surface area contributed by atoms with E-state index in [2.05, 4.69) is 18.7 Å². The molecule has 110 valence electrons. The molecular weight excluding hydrogens is 253 g/mol. The number of benzene rings is 1. The highest BCUT2D eigenvalue weighted by Gasteiger charge is 2.33. The first-order valence-electron chi connectivity index (χ1n) is 7.32. The summed E-state index contributed by atoms with van der Waals surface area (Å²) in [7, 11) is 1.96. The van der Waals surface area contributed by atoms with E-state index in [0.717, 1.165) is 19.4 Å². The number of ketones is 1. The van der Waals surface area contributed by atoms with Gasteiger partial charge in [0.25, 0.3) is 0 Å². The van der Waals surface area contributed by atoms with Gasteiger partial charge in [-0.3, -0.25) is 4.79 Å². The van der Waals surface area contributed by atoms with Crippen LogP contribution in [-0.4, -0.2) is 24.3 Å². The van der Waals surface area contributed by atoms with Gasteiger partial charge in [0, 0.05) is 31.0 Å². The van der Waals surface area contributed by atoms with Gasteiger partial charge in [-0.1, -0.05) is 32.0 Å². The Morgan fingerprint density at radius 3 is 2.75 bits per heavy atom. The third-order valence-corrected chi connectivity index (χ3v) is 4.23. The molecule has 0 bridgehead atoms. The fourth-order valence-corrected chi connectivity index (χ4v) is 3.07. The van der Waals surface area contributed by atoms with Crippen molar-refractivity contribution in [1.82, 2.24) is 4.90 Å². The molecule has 20 heavy (non-hydrogen) atoms. The Labute approximate surface area is 121 Å². The number of nitrogens with zero attached hydrogens (tertiary/aromatic N) is 1. The minimum Gasteiger partial charge on any atom is -0.301 e. The maximum absolute atomic E-state index is 13.6. The second-order valence-corrected chi connectivity index (χ2v) is 6.82. The van der Waals surface area contributed by atoms with Crippen LogP contribution in [0.2, 0.25) is 0 Å². The summed E-state index contributed by atoms with van der Waals surface area (Å²) in [5.74, 6) is 0.287. The topological polar surface area (TPSA) is 20.3 Å². The first-order chi connectivity index (χ1) is 9.37. The lowest BCUT2D eigenvalue weighted by molar-refractivity contribution is -0.127. The predicted molar refractivity (Wildman–Crippen MR) is 78.9 cm³/mol. The highest BCUT2D eigenvalue weighted by molar-refractivity contribution is 5.82. The SMILES string of the molecule is CN(Cc1ccccc1F)CC1CC(C)(C)CCC1=O. The van der Waals surface area contributed by atoms with E-state index in [-0.39, 0.29) is 17.2 Å². The Morgan fingerprint density at radius 1 is 1.35 bits per heavy atom. The predicted octanol–water partition coefficient (Wildman–Crippen LogP) is 3.65. The lowest BCUT2D eigenvalue weighted by Crippen LogP contribution is -2.37. The summed E-state index contributed by atoms with van der Waals surface area (Å²) < 4.78 is 13.6. The molecule has 1 saturated carbocycles. The molecule has 1 aliphatic rings. The van der Waals surface area contributed by atoms with Crippen LogP contribution in [0.15, 0.2) is 24.3 Å². The third kappa shape index (κ3) is 3.89. The number of hydrogen-bond donors (Lipinski definition) is 0. The van der Waals surface area contributed by atoms with Crippen molar-refractivity contribution in [2.24, 2.45) is 11.3 Å². The van der Waals surface area contributed by atoms with Gasteiger partial charge in [0.1, 0.15) is 11.6 Å². The standard InChI is InChI=1S/C17H24FNO/c1-17(2)9-8-16(20)14(10-17)12-19(3)11-13-6-4-5-7-15(13)18/h4-7,14H,8-12H2,1-3H3. The van der Waals surface area contributed by atoms with E-state index in [0.29, 0.717) is 24.3 Å². The van der Waals surface area contributed by atoms with Crippen molar-refractivity contribution in [1.29, 1.82) is 0 Å². The molecule has 1 aliphatic carbocycles. The first-order valence-corrected chi connectivity index (χ1v) is 7.32. The van der Waals surface area contributed by atoms with Crippen molar-refractivity contribution in [2.45, 2.75) is 39.7 Å². The molecule has 0 N–H and O–H groups in total. The highest BCUT2D eigenvalue weighted by Crippen LogP contribution is 2.37. The Bertz CT molecular complexity index is 484. The van der Waals surface area contributed by atoms with Crippen molar-refractivity contribution in [3.8, 4) is 0 Å².